The highest BCUT2D eigenvalue weighted by Gasteiger charge is 2.24. The lowest BCUT2D eigenvalue weighted by Gasteiger charge is -2.13. The first-order chi connectivity index (χ1) is 28.3. The number of benzene rings is 7. The van der Waals surface area contributed by atoms with Crippen molar-refractivity contribution in [3.63, 3.8) is 0 Å². The summed E-state index contributed by atoms with van der Waals surface area (Å²) in [6.07, 6.45) is 0. The summed E-state index contributed by atoms with van der Waals surface area (Å²) >= 11 is 1.66. The van der Waals surface area contributed by atoms with Crippen molar-refractivity contribution in [1.82, 2.24) is 29.5 Å². The molecule has 0 aliphatic carbocycles. The topological polar surface area (TPSA) is 82.5 Å². The van der Waals surface area contributed by atoms with Crippen LogP contribution in [0.4, 0.5) is 0 Å². The van der Waals surface area contributed by atoms with Crippen molar-refractivity contribution < 1.29 is 4.42 Å². The zero-order chi connectivity index (χ0) is 37.5. The molecule has 12 rings (SSSR count). The quantitative estimate of drug-likeness (QED) is 0.174. The highest BCUT2D eigenvalue weighted by Crippen LogP contribution is 2.43. The lowest BCUT2D eigenvalue weighted by Crippen LogP contribution is -2.03. The van der Waals surface area contributed by atoms with Crippen LogP contribution in [0.3, 0.4) is 0 Å². The van der Waals surface area contributed by atoms with Gasteiger partial charge in [0, 0.05) is 54.0 Å². The van der Waals surface area contributed by atoms with E-state index in [0.717, 1.165) is 86.4 Å². The maximum Gasteiger partial charge on any atom is 0.184 e. The second-order valence-corrected chi connectivity index (χ2v) is 15.1. The van der Waals surface area contributed by atoms with E-state index in [4.69, 9.17) is 29.3 Å². The van der Waals surface area contributed by atoms with Gasteiger partial charge in [-0.2, -0.15) is 0 Å². The minimum Gasteiger partial charge on any atom is -0.456 e. The van der Waals surface area contributed by atoms with Gasteiger partial charge in [0.25, 0.3) is 0 Å². The highest BCUT2D eigenvalue weighted by atomic mass is 32.1. The summed E-state index contributed by atoms with van der Waals surface area (Å²) in [5.74, 6) is 2.16. The van der Waals surface area contributed by atoms with E-state index in [1.54, 1.807) is 11.3 Å². The molecule has 12 aromatic rings. The first kappa shape index (κ1) is 31.8. The van der Waals surface area contributed by atoms with Crippen LogP contribution in [0.25, 0.3) is 115 Å². The fraction of sp³-hybridized carbons (Fsp3) is 0. The minimum absolute atomic E-state index is 0.472. The van der Waals surface area contributed by atoms with Crippen LogP contribution in [0.2, 0.25) is 0 Å². The van der Waals surface area contributed by atoms with Crippen LogP contribution in [0.5, 0.6) is 0 Å². The number of hydrogen-bond acceptors (Lipinski definition) is 7. The van der Waals surface area contributed by atoms with Crippen molar-refractivity contribution in [2.75, 3.05) is 0 Å². The van der Waals surface area contributed by atoms with E-state index in [2.05, 4.69) is 108 Å². The number of rotatable bonds is 5. The van der Waals surface area contributed by atoms with Crippen molar-refractivity contribution in [2.45, 2.75) is 0 Å². The number of nitrogens with zero attached hydrogens (tertiary/aromatic N) is 6. The second-order valence-electron chi connectivity index (χ2n) is 14.0. The Bertz CT molecular complexity index is 3530. The largest absolute Gasteiger partial charge is 0.456 e. The summed E-state index contributed by atoms with van der Waals surface area (Å²) < 4.78 is 10.7. The van der Waals surface area contributed by atoms with Gasteiger partial charge >= 0.3 is 0 Å². The molecular formula is C49H28N6OS. The summed E-state index contributed by atoms with van der Waals surface area (Å²) in [7, 11) is 0. The van der Waals surface area contributed by atoms with Crippen molar-refractivity contribution in [2.24, 2.45) is 0 Å². The average Bonchev–Trinajstić information content (AvgIpc) is 3.96. The molecule has 0 radical (unpaired) electrons. The van der Waals surface area contributed by atoms with Gasteiger partial charge in [0.2, 0.25) is 0 Å². The first-order valence-electron chi connectivity index (χ1n) is 18.8. The Morgan fingerprint density at radius 2 is 1.07 bits per heavy atom. The van der Waals surface area contributed by atoms with Crippen LogP contribution in [-0.4, -0.2) is 29.5 Å². The van der Waals surface area contributed by atoms with Crippen LogP contribution >= 0.6 is 11.3 Å². The second kappa shape index (κ2) is 12.5. The van der Waals surface area contributed by atoms with E-state index in [1.165, 1.54) is 0 Å². The van der Waals surface area contributed by atoms with Crippen molar-refractivity contribution >= 4 is 75.4 Å². The highest BCUT2D eigenvalue weighted by molar-refractivity contribution is 7.26. The zero-order valence-electron chi connectivity index (χ0n) is 30.2. The molecule has 0 bridgehead atoms. The molecule has 266 valence electrons. The van der Waals surface area contributed by atoms with Crippen LogP contribution < -0.4 is 0 Å². The summed E-state index contributed by atoms with van der Waals surface area (Å²) in [4.78, 5) is 26.5. The standard InChI is InChI=1S/C49H28N6OS/c1-3-15-29(16-4-1)46-52-47(35-23-14-27-39-41(35)33-20-8-11-26-38(33)56-39)54-49(53-46)43-45-42(34-21-9-12-28-40(34)57-45)50-48(51-43)36-24-13-22-32-31-19-7-10-25-37(31)55(44(32)36)30-17-5-2-6-18-30/h1-28H. The fourth-order valence-electron chi connectivity index (χ4n) is 8.19. The van der Waals surface area contributed by atoms with E-state index < -0.39 is 0 Å². The van der Waals surface area contributed by atoms with E-state index >= 15 is 0 Å². The molecule has 0 atom stereocenters. The molecule has 0 fully saturated rings. The maximum absolute atomic E-state index is 6.31. The van der Waals surface area contributed by atoms with Crippen LogP contribution in [0.15, 0.2) is 174 Å². The predicted octanol–water partition coefficient (Wildman–Crippen LogP) is 12.7. The molecule has 0 N–H and O–H groups in total. The van der Waals surface area contributed by atoms with Gasteiger partial charge in [0.05, 0.1) is 21.3 Å². The Kier molecular flexibility index (Phi) is 6.96. The molecule has 5 aromatic heterocycles. The molecule has 0 saturated carbocycles. The van der Waals surface area contributed by atoms with Gasteiger partial charge in [-0.3, -0.25) is 0 Å². The van der Waals surface area contributed by atoms with Crippen LogP contribution in [0.1, 0.15) is 0 Å². The number of fused-ring (bicyclic) bond motifs is 9. The summed E-state index contributed by atoms with van der Waals surface area (Å²) in [5, 5.41) is 5.31. The van der Waals surface area contributed by atoms with Crippen molar-refractivity contribution in [3.8, 4) is 51.4 Å². The van der Waals surface area contributed by atoms with E-state index in [9.17, 15) is 0 Å². The van der Waals surface area contributed by atoms with Crippen molar-refractivity contribution in [1.29, 1.82) is 0 Å². The van der Waals surface area contributed by atoms with Gasteiger partial charge < -0.3 is 8.98 Å². The molecule has 8 heteroatoms. The van der Waals surface area contributed by atoms with Gasteiger partial charge in [-0.25, -0.2) is 24.9 Å². The average molecular weight is 749 g/mol. The molecule has 0 spiro atoms. The normalized spacial score (nSPS) is 11.9. The Labute approximate surface area is 329 Å². The SMILES string of the molecule is c1ccc(-c2nc(-c3nc(-c4cccc5c6ccccc6n(-c6ccccc6)c45)nc4c3sc3ccccc34)nc(-c3cccc4oc5ccccc5c34)n2)cc1. The lowest BCUT2D eigenvalue weighted by atomic mass is 10.1. The number of para-hydroxylation sites is 4. The third-order valence-corrected chi connectivity index (χ3v) is 11.9. The smallest absolute Gasteiger partial charge is 0.184 e. The summed E-state index contributed by atoms with van der Waals surface area (Å²) in [6, 6.07) is 58.0. The van der Waals surface area contributed by atoms with Crippen LogP contribution in [-0.2, 0) is 0 Å². The fourth-order valence-corrected chi connectivity index (χ4v) is 9.31. The third kappa shape index (κ3) is 4.94. The molecule has 57 heavy (non-hydrogen) atoms. The number of furan rings is 1. The molecule has 5 heterocycles. The molecule has 0 aliphatic heterocycles. The van der Waals surface area contributed by atoms with Gasteiger partial charge in [0.1, 0.15) is 16.9 Å². The molecule has 7 nitrogen and oxygen atoms in total. The minimum atomic E-state index is 0.472. The van der Waals surface area contributed by atoms with Crippen molar-refractivity contribution in [3.05, 3.63) is 170 Å². The van der Waals surface area contributed by atoms with Gasteiger partial charge in [-0.1, -0.05) is 127 Å². The predicted molar refractivity (Wildman–Crippen MR) is 232 cm³/mol. The summed E-state index contributed by atoms with van der Waals surface area (Å²) in [5.41, 5.74) is 8.97. The molecule has 0 saturated heterocycles. The van der Waals surface area contributed by atoms with Gasteiger partial charge in [-0.15, -0.1) is 11.3 Å². The lowest BCUT2D eigenvalue weighted by molar-refractivity contribution is 0.669. The van der Waals surface area contributed by atoms with Gasteiger partial charge in [-0.05, 0) is 42.5 Å². The number of aromatic nitrogens is 6. The Hall–Kier alpha value is -7.55. The number of hydrogen-bond donors (Lipinski definition) is 0. The van der Waals surface area contributed by atoms with Gasteiger partial charge in [0.15, 0.2) is 23.3 Å². The first-order valence-corrected chi connectivity index (χ1v) is 19.6. The van der Waals surface area contributed by atoms with E-state index in [1.807, 2.05) is 66.7 Å². The van der Waals surface area contributed by atoms with E-state index in [0.29, 0.717) is 29.0 Å². The summed E-state index contributed by atoms with van der Waals surface area (Å²) in [6.45, 7) is 0. The third-order valence-electron chi connectivity index (χ3n) is 10.7. The molecule has 7 aromatic carbocycles. The Balaban J connectivity index is 1.18. The zero-order valence-corrected chi connectivity index (χ0v) is 31.0. The molecule has 0 aliphatic rings. The maximum atomic E-state index is 6.31. The monoisotopic (exact) mass is 748 g/mol. The van der Waals surface area contributed by atoms with E-state index in [-0.39, 0.29) is 0 Å². The Morgan fingerprint density at radius 3 is 1.95 bits per heavy atom. The molecule has 0 unspecified atom stereocenters. The van der Waals surface area contributed by atoms with Crippen LogP contribution in [0, 0.1) is 0 Å². The molecular weight excluding hydrogens is 721 g/mol. The number of thiophene rings is 1. The Morgan fingerprint density at radius 1 is 0.439 bits per heavy atom. The molecule has 0 amide bonds.